The lowest BCUT2D eigenvalue weighted by atomic mass is 10.2. The zero-order chi connectivity index (χ0) is 12.3. The molecule has 92 valence electrons. The van der Waals surface area contributed by atoms with E-state index in [-0.39, 0.29) is 5.91 Å². The third-order valence-electron chi connectivity index (χ3n) is 2.99. The van der Waals surface area contributed by atoms with E-state index in [0.717, 1.165) is 28.2 Å². The van der Waals surface area contributed by atoms with Crippen molar-refractivity contribution in [3.8, 4) is 0 Å². The molecular weight excluding hydrogens is 280 g/mol. The Labute approximate surface area is 110 Å². The Morgan fingerprint density at radius 1 is 1.47 bits per heavy atom. The van der Waals surface area contributed by atoms with E-state index in [2.05, 4.69) is 26.6 Å². The molecule has 0 aromatic heterocycles. The van der Waals surface area contributed by atoms with Crippen LogP contribution in [0, 0.1) is 12.8 Å². The van der Waals surface area contributed by atoms with Gasteiger partial charge in [-0.1, -0.05) is 22.0 Å². The van der Waals surface area contributed by atoms with E-state index in [4.69, 9.17) is 0 Å². The van der Waals surface area contributed by atoms with Gasteiger partial charge in [0.05, 0.1) is 6.54 Å². The van der Waals surface area contributed by atoms with Gasteiger partial charge in [-0.3, -0.25) is 4.79 Å². The molecule has 0 aliphatic heterocycles. The van der Waals surface area contributed by atoms with Crippen LogP contribution in [0.25, 0.3) is 0 Å². The Hall–Kier alpha value is -1.03. The lowest BCUT2D eigenvalue weighted by molar-refractivity contribution is -0.119. The molecule has 2 rings (SSSR count). The van der Waals surface area contributed by atoms with Crippen LogP contribution in [-0.4, -0.2) is 19.0 Å². The van der Waals surface area contributed by atoms with Crippen molar-refractivity contribution >= 4 is 27.5 Å². The minimum atomic E-state index is 0.0660. The molecule has 0 heterocycles. The summed E-state index contributed by atoms with van der Waals surface area (Å²) in [6.07, 6.45) is 2.52. The quantitative estimate of drug-likeness (QED) is 0.877. The molecule has 1 fully saturated rings. The van der Waals surface area contributed by atoms with E-state index in [1.807, 2.05) is 25.1 Å². The predicted molar refractivity (Wildman–Crippen MR) is 73.1 cm³/mol. The standard InChI is InChI=1S/C13H17BrN2O/c1-9-11(14)3-2-4-12(9)15-8-13(17)16-7-10-5-6-10/h2-4,10,15H,5-8H2,1H3,(H,16,17). The van der Waals surface area contributed by atoms with Crippen molar-refractivity contribution in [3.63, 3.8) is 0 Å². The summed E-state index contributed by atoms with van der Waals surface area (Å²) in [6.45, 7) is 3.19. The number of carbonyl (C=O) groups is 1. The molecule has 3 nitrogen and oxygen atoms in total. The van der Waals surface area contributed by atoms with E-state index < -0.39 is 0 Å². The lowest BCUT2D eigenvalue weighted by Gasteiger charge is -2.10. The Kier molecular flexibility index (Phi) is 4.05. The fourth-order valence-corrected chi connectivity index (χ4v) is 1.98. The zero-order valence-electron chi connectivity index (χ0n) is 9.92. The molecule has 0 atom stereocenters. The Balaban J connectivity index is 1.79. The molecule has 1 aliphatic rings. The zero-order valence-corrected chi connectivity index (χ0v) is 11.5. The summed E-state index contributed by atoms with van der Waals surface area (Å²) in [5.74, 6) is 0.794. The van der Waals surface area contributed by atoms with Crippen LogP contribution in [0.5, 0.6) is 0 Å². The molecule has 0 spiro atoms. The number of anilines is 1. The normalized spacial score (nSPS) is 14.5. The molecule has 1 aliphatic carbocycles. The minimum Gasteiger partial charge on any atom is -0.376 e. The summed E-state index contributed by atoms with van der Waals surface area (Å²) in [5.41, 5.74) is 2.13. The first kappa shape index (κ1) is 12.4. The molecule has 0 saturated heterocycles. The van der Waals surface area contributed by atoms with E-state index in [1.54, 1.807) is 0 Å². The monoisotopic (exact) mass is 296 g/mol. The highest BCUT2D eigenvalue weighted by Crippen LogP contribution is 2.27. The van der Waals surface area contributed by atoms with Crippen LogP contribution in [0.1, 0.15) is 18.4 Å². The molecule has 4 heteroatoms. The van der Waals surface area contributed by atoms with Crippen molar-refractivity contribution in [2.24, 2.45) is 5.92 Å². The van der Waals surface area contributed by atoms with Gasteiger partial charge in [-0.25, -0.2) is 0 Å². The third-order valence-corrected chi connectivity index (χ3v) is 3.85. The fraction of sp³-hybridized carbons (Fsp3) is 0.462. The van der Waals surface area contributed by atoms with Gasteiger partial charge < -0.3 is 10.6 Å². The second kappa shape index (κ2) is 5.54. The second-order valence-corrected chi connectivity index (χ2v) is 5.37. The van der Waals surface area contributed by atoms with Crippen molar-refractivity contribution in [1.29, 1.82) is 0 Å². The number of halogens is 1. The highest BCUT2D eigenvalue weighted by Gasteiger charge is 2.21. The number of hydrogen-bond donors (Lipinski definition) is 2. The first-order chi connectivity index (χ1) is 8.16. The third kappa shape index (κ3) is 3.73. The van der Waals surface area contributed by atoms with Gasteiger partial charge in [-0.15, -0.1) is 0 Å². The van der Waals surface area contributed by atoms with E-state index in [9.17, 15) is 4.79 Å². The van der Waals surface area contributed by atoms with Gasteiger partial charge in [-0.05, 0) is 43.4 Å². The predicted octanol–water partition coefficient (Wildman–Crippen LogP) is 2.70. The van der Waals surface area contributed by atoms with Crippen LogP contribution < -0.4 is 10.6 Å². The van der Waals surface area contributed by atoms with E-state index in [0.29, 0.717) is 6.54 Å². The van der Waals surface area contributed by atoms with Crippen LogP contribution in [-0.2, 0) is 4.79 Å². The van der Waals surface area contributed by atoms with Crippen molar-refractivity contribution in [2.75, 3.05) is 18.4 Å². The van der Waals surface area contributed by atoms with Crippen molar-refractivity contribution in [3.05, 3.63) is 28.2 Å². The van der Waals surface area contributed by atoms with Crippen LogP contribution in [0.3, 0.4) is 0 Å². The maximum atomic E-state index is 11.6. The average Bonchev–Trinajstić information content (AvgIpc) is 3.12. The van der Waals surface area contributed by atoms with Crippen molar-refractivity contribution in [1.82, 2.24) is 5.32 Å². The van der Waals surface area contributed by atoms with E-state index >= 15 is 0 Å². The highest BCUT2D eigenvalue weighted by atomic mass is 79.9. The largest absolute Gasteiger partial charge is 0.376 e. The van der Waals surface area contributed by atoms with Crippen molar-refractivity contribution < 1.29 is 4.79 Å². The average molecular weight is 297 g/mol. The number of benzene rings is 1. The van der Waals surface area contributed by atoms with Crippen LogP contribution in [0.2, 0.25) is 0 Å². The second-order valence-electron chi connectivity index (χ2n) is 4.51. The molecule has 1 saturated carbocycles. The van der Waals surface area contributed by atoms with Gasteiger partial charge in [0.15, 0.2) is 0 Å². The molecule has 0 radical (unpaired) electrons. The van der Waals surface area contributed by atoms with Gasteiger partial charge in [0.25, 0.3) is 0 Å². The Bertz CT molecular complexity index is 416. The number of hydrogen-bond acceptors (Lipinski definition) is 2. The SMILES string of the molecule is Cc1c(Br)cccc1NCC(=O)NCC1CC1. The Morgan fingerprint density at radius 3 is 2.94 bits per heavy atom. The summed E-state index contributed by atoms with van der Waals surface area (Å²) in [6, 6.07) is 5.93. The van der Waals surface area contributed by atoms with Crippen LogP contribution in [0.15, 0.2) is 22.7 Å². The summed E-state index contributed by atoms with van der Waals surface area (Å²) in [5, 5.41) is 6.09. The smallest absolute Gasteiger partial charge is 0.239 e. The number of amides is 1. The Morgan fingerprint density at radius 2 is 2.24 bits per heavy atom. The molecule has 0 bridgehead atoms. The summed E-state index contributed by atoms with van der Waals surface area (Å²) in [7, 11) is 0. The van der Waals surface area contributed by atoms with Crippen LogP contribution in [0.4, 0.5) is 5.69 Å². The van der Waals surface area contributed by atoms with Gasteiger partial charge >= 0.3 is 0 Å². The number of nitrogens with one attached hydrogen (secondary N) is 2. The molecule has 1 aromatic rings. The van der Waals surface area contributed by atoms with Crippen molar-refractivity contribution in [2.45, 2.75) is 19.8 Å². The molecule has 17 heavy (non-hydrogen) atoms. The molecular formula is C13H17BrN2O. The number of rotatable bonds is 5. The van der Waals surface area contributed by atoms with Gasteiger partial charge in [-0.2, -0.15) is 0 Å². The maximum Gasteiger partial charge on any atom is 0.239 e. The molecule has 2 N–H and O–H groups in total. The van der Waals surface area contributed by atoms with Gasteiger partial charge in [0.1, 0.15) is 0 Å². The summed E-state index contributed by atoms with van der Waals surface area (Å²) < 4.78 is 1.06. The summed E-state index contributed by atoms with van der Waals surface area (Å²) >= 11 is 3.47. The fourth-order valence-electron chi connectivity index (χ4n) is 1.62. The molecule has 1 amide bonds. The number of carbonyl (C=O) groups excluding carboxylic acids is 1. The first-order valence-electron chi connectivity index (χ1n) is 5.92. The molecule has 0 unspecified atom stereocenters. The van der Waals surface area contributed by atoms with Gasteiger partial charge in [0, 0.05) is 16.7 Å². The van der Waals surface area contributed by atoms with Gasteiger partial charge in [0.2, 0.25) is 5.91 Å². The topological polar surface area (TPSA) is 41.1 Å². The van der Waals surface area contributed by atoms with E-state index in [1.165, 1.54) is 12.8 Å². The molecule has 1 aromatic carbocycles. The lowest BCUT2D eigenvalue weighted by Crippen LogP contribution is -2.31. The first-order valence-corrected chi connectivity index (χ1v) is 6.72. The van der Waals surface area contributed by atoms with Crippen LogP contribution >= 0.6 is 15.9 Å². The minimum absolute atomic E-state index is 0.0660. The summed E-state index contributed by atoms with van der Waals surface area (Å²) in [4.78, 5) is 11.6. The maximum absolute atomic E-state index is 11.6. The highest BCUT2D eigenvalue weighted by molar-refractivity contribution is 9.10.